The molecule has 0 rings (SSSR count). The Morgan fingerprint density at radius 2 is 1.92 bits per heavy atom. The van der Waals surface area contributed by atoms with Crippen molar-refractivity contribution in [2.24, 2.45) is 5.92 Å². The van der Waals surface area contributed by atoms with E-state index < -0.39 is 6.04 Å². The third-order valence-corrected chi connectivity index (χ3v) is 1.84. The molecule has 0 radical (unpaired) electrons. The van der Waals surface area contributed by atoms with E-state index in [1.54, 1.807) is 13.8 Å². The Bertz CT molecular complexity index is 180. The number of nitrogens with one attached hydrogen (secondary N) is 1. The van der Waals surface area contributed by atoms with E-state index in [0.717, 1.165) is 0 Å². The topological polar surface area (TPSA) is 46.2 Å². The van der Waals surface area contributed by atoms with Crippen molar-refractivity contribution in [3.8, 4) is 0 Å². The van der Waals surface area contributed by atoms with Crippen molar-refractivity contribution in [2.45, 2.75) is 26.8 Å². The van der Waals surface area contributed by atoms with Crippen LogP contribution in [-0.2, 0) is 9.59 Å². The van der Waals surface area contributed by atoms with Gasteiger partial charge >= 0.3 is 0 Å². The van der Waals surface area contributed by atoms with Crippen molar-refractivity contribution in [3.63, 3.8) is 0 Å². The first kappa shape index (κ1) is 11.5. The minimum Gasteiger partial charge on any atom is -0.346 e. The largest absolute Gasteiger partial charge is 0.346 e. The Morgan fingerprint density at radius 3 is 2.17 bits per heavy atom. The second-order valence-electron chi connectivity index (χ2n) is 2.99. The Morgan fingerprint density at radius 1 is 1.42 bits per heavy atom. The highest BCUT2D eigenvalue weighted by atomic mass is 32.1. The Kier molecular flexibility index (Phi) is 4.97. The van der Waals surface area contributed by atoms with Crippen molar-refractivity contribution in [1.29, 1.82) is 0 Å². The third-order valence-electron chi connectivity index (χ3n) is 1.47. The van der Waals surface area contributed by atoms with E-state index in [9.17, 15) is 9.59 Å². The summed E-state index contributed by atoms with van der Waals surface area (Å²) in [4.78, 5) is 22.0. The molecule has 0 aliphatic rings. The minimum absolute atomic E-state index is 0.0280. The van der Waals surface area contributed by atoms with Gasteiger partial charge in [0.05, 0.1) is 6.04 Å². The highest BCUT2D eigenvalue weighted by Crippen LogP contribution is 2.01. The average molecular weight is 189 g/mol. The number of hydrogen-bond donors (Lipinski definition) is 2. The van der Waals surface area contributed by atoms with Crippen LogP contribution in [0, 0.1) is 5.92 Å². The molecule has 4 heteroatoms. The second-order valence-corrected chi connectivity index (χ2v) is 3.36. The van der Waals surface area contributed by atoms with Gasteiger partial charge in [-0.05, 0) is 0 Å². The molecule has 0 bridgehead atoms. The van der Waals surface area contributed by atoms with Crippen molar-refractivity contribution in [1.82, 2.24) is 5.32 Å². The van der Waals surface area contributed by atoms with Crippen LogP contribution >= 0.6 is 12.6 Å². The van der Waals surface area contributed by atoms with Crippen molar-refractivity contribution < 1.29 is 9.59 Å². The van der Waals surface area contributed by atoms with Gasteiger partial charge < -0.3 is 5.32 Å². The molecule has 0 aromatic rings. The van der Waals surface area contributed by atoms with Gasteiger partial charge in [-0.3, -0.25) is 9.59 Å². The van der Waals surface area contributed by atoms with Gasteiger partial charge in [0, 0.05) is 18.6 Å². The van der Waals surface area contributed by atoms with Crippen LogP contribution in [0.1, 0.15) is 20.8 Å². The lowest BCUT2D eigenvalue weighted by atomic mass is 10.0. The minimum atomic E-state index is -0.439. The monoisotopic (exact) mass is 189 g/mol. The standard InChI is InChI=1S/C8H15NO2S/c1-5(2)8(11)7(4-12)9-6(3)10/h5,7,12H,4H2,1-3H3,(H,9,10)/t7-/m0/s1. The molecule has 0 heterocycles. The first-order valence-electron chi connectivity index (χ1n) is 3.90. The molecule has 1 N–H and O–H groups in total. The number of amides is 1. The van der Waals surface area contributed by atoms with Gasteiger partial charge in [-0.25, -0.2) is 0 Å². The van der Waals surface area contributed by atoms with Gasteiger partial charge in [-0.2, -0.15) is 12.6 Å². The van der Waals surface area contributed by atoms with Crippen LogP contribution in [0.4, 0.5) is 0 Å². The molecule has 0 fully saturated rings. The number of carbonyl (C=O) groups excluding carboxylic acids is 2. The highest BCUT2D eigenvalue weighted by molar-refractivity contribution is 7.80. The number of carbonyl (C=O) groups is 2. The summed E-state index contributed by atoms with van der Waals surface area (Å²) < 4.78 is 0. The summed E-state index contributed by atoms with van der Waals surface area (Å²) >= 11 is 3.99. The smallest absolute Gasteiger partial charge is 0.217 e. The predicted molar refractivity (Wildman–Crippen MR) is 51.3 cm³/mol. The number of Topliss-reactive ketones (excluding diaryl/α,β-unsaturated/α-hetero) is 1. The first-order chi connectivity index (χ1) is 5.49. The molecule has 0 aromatic carbocycles. The summed E-state index contributed by atoms with van der Waals surface area (Å²) in [6, 6.07) is -0.439. The molecular formula is C8H15NO2S. The molecule has 0 unspecified atom stereocenters. The zero-order valence-corrected chi connectivity index (χ0v) is 8.52. The molecule has 0 aromatic heterocycles. The van der Waals surface area contributed by atoms with Crippen molar-refractivity contribution in [3.05, 3.63) is 0 Å². The van der Waals surface area contributed by atoms with Gasteiger partial charge in [0.15, 0.2) is 5.78 Å². The third kappa shape index (κ3) is 3.76. The Hall–Kier alpha value is -0.510. The summed E-state index contributed by atoms with van der Waals surface area (Å²) in [5.41, 5.74) is 0. The van der Waals surface area contributed by atoms with Crippen LogP contribution < -0.4 is 5.32 Å². The number of rotatable bonds is 4. The number of thiol groups is 1. The zero-order chi connectivity index (χ0) is 9.72. The van der Waals surface area contributed by atoms with Gasteiger partial charge in [0.1, 0.15) is 0 Å². The molecule has 3 nitrogen and oxygen atoms in total. The molecule has 0 aliphatic carbocycles. The zero-order valence-electron chi connectivity index (χ0n) is 7.63. The lowest BCUT2D eigenvalue weighted by Gasteiger charge is -2.15. The van der Waals surface area contributed by atoms with Crippen LogP contribution in [0.2, 0.25) is 0 Å². The van der Waals surface area contributed by atoms with E-state index >= 15 is 0 Å². The van der Waals surface area contributed by atoms with E-state index in [1.807, 2.05) is 0 Å². The maximum absolute atomic E-state index is 11.3. The fraction of sp³-hybridized carbons (Fsp3) is 0.750. The summed E-state index contributed by atoms with van der Waals surface area (Å²) in [5.74, 6) is 0.133. The van der Waals surface area contributed by atoms with E-state index in [-0.39, 0.29) is 17.6 Å². The fourth-order valence-corrected chi connectivity index (χ4v) is 1.13. The van der Waals surface area contributed by atoms with Crippen LogP contribution in [-0.4, -0.2) is 23.5 Å². The maximum Gasteiger partial charge on any atom is 0.217 e. The van der Waals surface area contributed by atoms with Crippen LogP contribution in [0.5, 0.6) is 0 Å². The molecule has 1 atom stereocenters. The van der Waals surface area contributed by atoms with Crippen molar-refractivity contribution in [2.75, 3.05) is 5.75 Å². The molecule has 1 amide bonds. The molecule has 0 aliphatic heterocycles. The van der Waals surface area contributed by atoms with E-state index in [4.69, 9.17) is 0 Å². The van der Waals surface area contributed by atoms with Gasteiger partial charge in [0.2, 0.25) is 5.91 Å². The molecule has 0 saturated carbocycles. The fourth-order valence-electron chi connectivity index (χ4n) is 0.854. The molecule has 12 heavy (non-hydrogen) atoms. The first-order valence-corrected chi connectivity index (χ1v) is 4.54. The quantitative estimate of drug-likeness (QED) is 0.638. The SMILES string of the molecule is CC(=O)N[C@@H](CS)C(=O)C(C)C. The molecular weight excluding hydrogens is 174 g/mol. The lowest BCUT2D eigenvalue weighted by Crippen LogP contribution is -2.43. The van der Waals surface area contributed by atoms with Gasteiger partial charge in [-0.1, -0.05) is 13.8 Å². The van der Waals surface area contributed by atoms with E-state index in [0.29, 0.717) is 5.75 Å². The summed E-state index contributed by atoms with van der Waals surface area (Å²) in [6.07, 6.45) is 0. The second kappa shape index (κ2) is 5.19. The van der Waals surface area contributed by atoms with Crippen LogP contribution in [0.25, 0.3) is 0 Å². The Balaban J connectivity index is 4.15. The summed E-state index contributed by atoms with van der Waals surface area (Å²) in [5, 5.41) is 2.55. The molecule has 0 spiro atoms. The van der Waals surface area contributed by atoms with E-state index in [2.05, 4.69) is 17.9 Å². The number of hydrogen-bond acceptors (Lipinski definition) is 3. The summed E-state index contributed by atoms with van der Waals surface area (Å²) in [7, 11) is 0. The highest BCUT2D eigenvalue weighted by Gasteiger charge is 2.19. The number of ketones is 1. The molecule has 70 valence electrons. The van der Waals surface area contributed by atoms with Gasteiger partial charge in [0.25, 0.3) is 0 Å². The lowest BCUT2D eigenvalue weighted by molar-refractivity contribution is -0.127. The maximum atomic E-state index is 11.3. The van der Waals surface area contributed by atoms with E-state index in [1.165, 1.54) is 6.92 Å². The molecule has 0 saturated heterocycles. The predicted octanol–water partition coefficient (Wildman–Crippen LogP) is 0.646. The van der Waals surface area contributed by atoms with Crippen LogP contribution in [0.15, 0.2) is 0 Å². The summed E-state index contributed by atoms with van der Waals surface area (Å²) in [6.45, 7) is 5.01. The van der Waals surface area contributed by atoms with Crippen LogP contribution in [0.3, 0.4) is 0 Å². The average Bonchev–Trinajstić information content (AvgIpc) is 1.98. The Labute approximate surface area is 78.3 Å². The normalized spacial score (nSPS) is 12.8. The van der Waals surface area contributed by atoms with Gasteiger partial charge in [-0.15, -0.1) is 0 Å². The van der Waals surface area contributed by atoms with Crippen molar-refractivity contribution >= 4 is 24.3 Å².